The number of para-hydroxylation sites is 2. The normalized spacial score (nSPS) is 13.1. The SMILES string of the molecule is C1=Cc2c(n(-c3ccccc3)c3ccc(-c4ccc(-n5c6ccccc6c6c7ccc8c9ccccc9sc8c7ccc65)cc4)cc23)CC1. The summed E-state index contributed by atoms with van der Waals surface area (Å²) in [5.41, 5.74) is 11.4. The molecule has 3 heteroatoms. The van der Waals surface area contributed by atoms with E-state index in [0.29, 0.717) is 0 Å². The highest BCUT2D eigenvalue weighted by Crippen LogP contribution is 2.43. The summed E-state index contributed by atoms with van der Waals surface area (Å²) in [4.78, 5) is 0. The van der Waals surface area contributed by atoms with Crippen molar-refractivity contribution in [2.75, 3.05) is 0 Å². The molecule has 230 valence electrons. The van der Waals surface area contributed by atoms with Gasteiger partial charge in [-0.1, -0.05) is 103 Å². The molecule has 0 bridgehead atoms. The molecule has 7 aromatic carbocycles. The maximum Gasteiger partial charge on any atom is 0.0547 e. The van der Waals surface area contributed by atoms with Gasteiger partial charge in [0.15, 0.2) is 0 Å². The van der Waals surface area contributed by atoms with Gasteiger partial charge in [0, 0.05) is 64.3 Å². The zero-order valence-electron chi connectivity index (χ0n) is 26.7. The number of thiophene rings is 1. The highest BCUT2D eigenvalue weighted by Gasteiger charge is 2.20. The molecule has 0 radical (unpaired) electrons. The van der Waals surface area contributed by atoms with Gasteiger partial charge in [-0.05, 0) is 84.0 Å². The van der Waals surface area contributed by atoms with E-state index in [0.717, 1.165) is 12.8 Å². The van der Waals surface area contributed by atoms with E-state index in [2.05, 4.69) is 167 Å². The van der Waals surface area contributed by atoms with Gasteiger partial charge in [-0.25, -0.2) is 0 Å². The minimum absolute atomic E-state index is 1.06. The van der Waals surface area contributed by atoms with Gasteiger partial charge in [0.1, 0.15) is 0 Å². The lowest BCUT2D eigenvalue weighted by atomic mass is 9.99. The van der Waals surface area contributed by atoms with Crippen LogP contribution < -0.4 is 0 Å². The summed E-state index contributed by atoms with van der Waals surface area (Å²) in [5, 5.41) is 9.27. The zero-order valence-corrected chi connectivity index (χ0v) is 27.5. The Balaban J connectivity index is 1.06. The van der Waals surface area contributed by atoms with E-state index < -0.39 is 0 Å². The average molecular weight is 643 g/mol. The second kappa shape index (κ2) is 10.3. The third-order valence-electron chi connectivity index (χ3n) is 10.6. The van der Waals surface area contributed by atoms with Gasteiger partial charge in [-0.2, -0.15) is 0 Å². The Morgan fingerprint density at radius 2 is 1.14 bits per heavy atom. The molecule has 0 aliphatic heterocycles. The van der Waals surface area contributed by atoms with Crippen LogP contribution in [0.15, 0.2) is 152 Å². The standard InChI is InChI=1S/C46H30N2S/c1-2-10-31(11-3-1)47-40-15-7-4-12-33(40)39-28-30(20-26-42(39)47)29-18-21-32(22-19-29)48-41-16-8-5-14-38(41)45-35-23-24-36-34-13-6-9-17-44(34)49-46(36)37(35)25-27-43(45)48/h1-6,8-14,16-28H,7,15H2. The van der Waals surface area contributed by atoms with Crippen molar-refractivity contribution in [3.05, 3.63) is 163 Å². The molecule has 0 fully saturated rings. The average Bonchev–Trinajstić information content (AvgIpc) is 3.83. The molecule has 0 saturated carbocycles. The monoisotopic (exact) mass is 642 g/mol. The molecule has 10 aromatic rings. The summed E-state index contributed by atoms with van der Waals surface area (Å²) in [6, 6.07) is 53.9. The van der Waals surface area contributed by atoms with E-state index in [9.17, 15) is 0 Å². The van der Waals surface area contributed by atoms with Crippen LogP contribution in [-0.2, 0) is 6.42 Å². The van der Waals surface area contributed by atoms with Crippen molar-refractivity contribution in [1.29, 1.82) is 0 Å². The maximum atomic E-state index is 2.46. The number of benzene rings is 7. The molecule has 0 N–H and O–H groups in total. The predicted octanol–water partition coefficient (Wildman–Crippen LogP) is 12.9. The first-order chi connectivity index (χ1) is 24.3. The molecule has 1 aliphatic rings. The molecule has 1 aliphatic carbocycles. The van der Waals surface area contributed by atoms with Gasteiger partial charge in [-0.3, -0.25) is 0 Å². The van der Waals surface area contributed by atoms with E-state index in [1.54, 1.807) is 0 Å². The Bertz CT molecular complexity index is 2970. The smallest absolute Gasteiger partial charge is 0.0547 e. The van der Waals surface area contributed by atoms with Crippen LogP contribution in [0.1, 0.15) is 17.7 Å². The predicted molar refractivity (Wildman–Crippen MR) is 211 cm³/mol. The first-order valence-electron chi connectivity index (χ1n) is 17.1. The zero-order chi connectivity index (χ0) is 32.1. The van der Waals surface area contributed by atoms with Crippen molar-refractivity contribution in [3.63, 3.8) is 0 Å². The first-order valence-corrected chi connectivity index (χ1v) is 17.9. The van der Waals surface area contributed by atoms with Crippen LogP contribution in [0.25, 0.3) is 92.2 Å². The number of nitrogens with zero attached hydrogens (tertiary/aromatic N) is 2. The highest BCUT2D eigenvalue weighted by molar-refractivity contribution is 7.26. The van der Waals surface area contributed by atoms with Gasteiger partial charge in [0.2, 0.25) is 0 Å². The third-order valence-corrected chi connectivity index (χ3v) is 11.8. The number of hydrogen-bond donors (Lipinski definition) is 0. The molecule has 0 unspecified atom stereocenters. The Labute approximate surface area is 287 Å². The molecule has 3 heterocycles. The van der Waals surface area contributed by atoms with Crippen molar-refractivity contribution in [2.45, 2.75) is 12.8 Å². The van der Waals surface area contributed by atoms with E-state index in [1.807, 2.05) is 11.3 Å². The van der Waals surface area contributed by atoms with Gasteiger partial charge < -0.3 is 9.13 Å². The van der Waals surface area contributed by atoms with Crippen molar-refractivity contribution < 1.29 is 0 Å². The fourth-order valence-electron chi connectivity index (χ4n) is 8.41. The number of allylic oxidation sites excluding steroid dienone is 1. The van der Waals surface area contributed by atoms with Gasteiger partial charge in [0.25, 0.3) is 0 Å². The number of aromatic nitrogens is 2. The second-order valence-electron chi connectivity index (χ2n) is 13.2. The van der Waals surface area contributed by atoms with Crippen molar-refractivity contribution in [3.8, 4) is 22.5 Å². The third kappa shape index (κ3) is 3.88. The van der Waals surface area contributed by atoms with Crippen LogP contribution in [-0.4, -0.2) is 9.13 Å². The number of fused-ring (bicyclic) bond motifs is 12. The molecule has 3 aromatic heterocycles. The van der Waals surface area contributed by atoms with Crippen LogP contribution in [0, 0.1) is 0 Å². The summed E-state index contributed by atoms with van der Waals surface area (Å²) in [7, 11) is 0. The molecule has 49 heavy (non-hydrogen) atoms. The number of rotatable bonds is 3. The molecule has 0 saturated heterocycles. The molecule has 0 amide bonds. The number of hydrogen-bond acceptors (Lipinski definition) is 1. The topological polar surface area (TPSA) is 9.86 Å². The Morgan fingerprint density at radius 1 is 0.469 bits per heavy atom. The largest absolute Gasteiger partial charge is 0.313 e. The lowest BCUT2D eigenvalue weighted by Gasteiger charge is -2.13. The Morgan fingerprint density at radius 3 is 2.04 bits per heavy atom. The lowest BCUT2D eigenvalue weighted by molar-refractivity contribution is 0.888. The van der Waals surface area contributed by atoms with E-state index in [1.165, 1.54) is 97.4 Å². The van der Waals surface area contributed by atoms with Crippen LogP contribution >= 0.6 is 11.3 Å². The molecule has 0 spiro atoms. The van der Waals surface area contributed by atoms with Crippen LogP contribution in [0.5, 0.6) is 0 Å². The molecular weight excluding hydrogens is 613 g/mol. The summed E-state index contributed by atoms with van der Waals surface area (Å²) in [6.07, 6.45) is 6.78. The lowest BCUT2D eigenvalue weighted by Crippen LogP contribution is -2.02. The summed E-state index contributed by atoms with van der Waals surface area (Å²) in [5.74, 6) is 0. The summed E-state index contributed by atoms with van der Waals surface area (Å²) in [6.45, 7) is 0. The molecule has 0 atom stereocenters. The van der Waals surface area contributed by atoms with E-state index in [4.69, 9.17) is 0 Å². The van der Waals surface area contributed by atoms with E-state index in [-0.39, 0.29) is 0 Å². The van der Waals surface area contributed by atoms with Crippen molar-refractivity contribution >= 4 is 81.1 Å². The van der Waals surface area contributed by atoms with Crippen LogP contribution in [0.3, 0.4) is 0 Å². The Kier molecular flexibility index (Phi) is 5.69. The fraction of sp³-hybridized carbons (Fsp3) is 0.0435. The van der Waals surface area contributed by atoms with E-state index >= 15 is 0 Å². The highest BCUT2D eigenvalue weighted by atomic mass is 32.1. The quantitative estimate of drug-likeness (QED) is 0.181. The minimum Gasteiger partial charge on any atom is -0.313 e. The molecule has 2 nitrogen and oxygen atoms in total. The van der Waals surface area contributed by atoms with Gasteiger partial charge >= 0.3 is 0 Å². The first kappa shape index (κ1) is 27.1. The van der Waals surface area contributed by atoms with Crippen LogP contribution in [0.4, 0.5) is 0 Å². The fourth-order valence-corrected chi connectivity index (χ4v) is 9.64. The van der Waals surface area contributed by atoms with Gasteiger partial charge in [0.05, 0.1) is 16.6 Å². The minimum atomic E-state index is 1.06. The molecule has 11 rings (SSSR count). The molecular formula is C46H30N2S. The van der Waals surface area contributed by atoms with Gasteiger partial charge in [-0.15, -0.1) is 11.3 Å². The van der Waals surface area contributed by atoms with Crippen LogP contribution in [0.2, 0.25) is 0 Å². The summed E-state index contributed by atoms with van der Waals surface area (Å²) >= 11 is 1.90. The van der Waals surface area contributed by atoms with Crippen molar-refractivity contribution in [2.24, 2.45) is 0 Å². The van der Waals surface area contributed by atoms with Crippen molar-refractivity contribution in [1.82, 2.24) is 9.13 Å². The second-order valence-corrected chi connectivity index (χ2v) is 14.3. The maximum absolute atomic E-state index is 2.46. The summed E-state index contributed by atoms with van der Waals surface area (Å²) < 4.78 is 7.61. The Hall–Kier alpha value is -5.90.